The Morgan fingerprint density at radius 2 is 1.87 bits per heavy atom. The van der Waals surface area contributed by atoms with Crippen LogP contribution in [0.5, 0.6) is 5.75 Å². The number of nitrogens with one attached hydrogen (secondary N) is 1. The van der Waals surface area contributed by atoms with Crippen molar-refractivity contribution >= 4 is 39.6 Å². The Morgan fingerprint density at radius 3 is 2.35 bits per heavy atom. The number of carbonyl (C=O) groups is 3. The molecular formula is C19H25N3O7S2. The average Bonchev–Trinajstić information content (AvgIpc) is 2.95. The second-order valence-electron chi connectivity index (χ2n) is 8.25. The molecule has 4 atom stereocenters. The molecule has 0 bridgehead atoms. The fourth-order valence-electron chi connectivity index (χ4n) is 3.87. The Bertz CT molecular complexity index is 1030. The fourth-order valence-corrected chi connectivity index (χ4v) is 6.03. The largest absolute Gasteiger partial charge is 0.481 e. The molecule has 1 aromatic rings. The van der Waals surface area contributed by atoms with E-state index >= 15 is 0 Å². The number of fused-ring (bicyclic) bond motifs is 1. The minimum atomic E-state index is -3.85. The molecule has 2 heterocycles. The number of benzene rings is 1. The number of carboxylic acids is 1. The Balaban J connectivity index is 1.73. The highest BCUT2D eigenvalue weighted by atomic mass is 32.2. The van der Waals surface area contributed by atoms with E-state index in [1.807, 2.05) is 0 Å². The van der Waals surface area contributed by atoms with Crippen LogP contribution in [0.15, 0.2) is 29.2 Å². The van der Waals surface area contributed by atoms with Gasteiger partial charge in [-0.25, -0.2) is 18.4 Å². The van der Waals surface area contributed by atoms with Crippen LogP contribution in [-0.2, 0) is 24.4 Å². The van der Waals surface area contributed by atoms with Crippen LogP contribution in [0.25, 0.3) is 0 Å². The van der Waals surface area contributed by atoms with Crippen molar-refractivity contribution in [2.75, 3.05) is 0 Å². The zero-order valence-electron chi connectivity index (χ0n) is 17.5. The second-order valence-corrected chi connectivity index (χ2v) is 11.5. The van der Waals surface area contributed by atoms with Gasteiger partial charge in [-0.2, -0.15) is 0 Å². The highest BCUT2D eigenvalue weighted by molar-refractivity contribution is 8.01. The Labute approximate surface area is 184 Å². The van der Waals surface area contributed by atoms with Crippen molar-refractivity contribution in [3.8, 4) is 5.75 Å². The normalized spacial score (nSPS) is 27.8. The van der Waals surface area contributed by atoms with Gasteiger partial charge in [-0.05, 0) is 51.5 Å². The lowest BCUT2D eigenvalue weighted by Gasteiger charge is -2.51. The fraction of sp³-hybridized carbons (Fsp3) is 0.526. The number of primary sulfonamides is 1. The van der Waals surface area contributed by atoms with Gasteiger partial charge in [0.05, 0.1) is 4.90 Å². The van der Waals surface area contributed by atoms with E-state index in [4.69, 9.17) is 9.88 Å². The van der Waals surface area contributed by atoms with E-state index in [-0.39, 0.29) is 17.1 Å². The van der Waals surface area contributed by atoms with E-state index in [1.165, 1.54) is 40.9 Å². The van der Waals surface area contributed by atoms with E-state index in [1.54, 1.807) is 27.7 Å². The minimum Gasteiger partial charge on any atom is -0.481 e. The standard InChI is InChI=1S/C19H25N3O7S2/c1-5-12(29-10-6-8-11(9-7-10)31(20,27)28)14(23)21-19(4)16(26)22-13(15(24)25)18(2,3)30-17(19)22/h6-9,12-13,17H,5H2,1-4H3,(H,21,23)(H,24,25)(H2,20,27,28)/t12?,13-,17+,19-/m0/s1. The smallest absolute Gasteiger partial charge is 0.327 e. The summed E-state index contributed by atoms with van der Waals surface area (Å²) < 4.78 is 27.7. The SMILES string of the molecule is CCC(Oc1ccc(S(N)(=O)=O)cc1)C(=O)N[C@@]1(C)C(=O)N2[C@@H](C(=O)O)C(C)(C)S[C@@H]21. The third kappa shape index (κ3) is 3.99. The summed E-state index contributed by atoms with van der Waals surface area (Å²) in [5, 5.41) is 16.8. The second kappa shape index (κ2) is 7.68. The van der Waals surface area contributed by atoms with Gasteiger partial charge in [-0.15, -0.1) is 11.8 Å². The van der Waals surface area contributed by atoms with Crippen LogP contribution >= 0.6 is 11.8 Å². The number of amides is 2. The molecule has 31 heavy (non-hydrogen) atoms. The monoisotopic (exact) mass is 471 g/mol. The number of aliphatic carboxylic acids is 1. The molecule has 0 spiro atoms. The molecule has 0 saturated carbocycles. The van der Waals surface area contributed by atoms with Crippen molar-refractivity contribution in [2.24, 2.45) is 5.14 Å². The number of β-lactam (4-membered cyclic amide) rings is 1. The van der Waals surface area contributed by atoms with E-state index in [0.29, 0.717) is 0 Å². The molecule has 0 aliphatic carbocycles. The predicted octanol–water partition coefficient (Wildman–Crippen LogP) is 0.513. The number of rotatable bonds is 7. The lowest BCUT2D eigenvalue weighted by Crippen LogP contribution is -2.78. The molecule has 12 heteroatoms. The van der Waals surface area contributed by atoms with Crippen molar-refractivity contribution in [2.45, 2.75) is 66.8 Å². The maximum atomic E-state index is 12.9. The summed E-state index contributed by atoms with van der Waals surface area (Å²) in [6, 6.07) is 4.34. The van der Waals surface area contributed by atoms with Gasteiger partial charge in [0.25, 0.3) is 11.8 Å². The van der Waals surface area contributed by atoms with E-state index < -0.39 is 55.6 Å². The van der Waals surface area contributed by atoms with Crippen LogP contribution < -0.4 is 15.2 Å². The first kappa shape index (κ1) is 23.4. The summed E-state index contributed by atoms with van der Waals surface area (Å²) in [5.41, 5.74) is -1.25. The number of sulfonamides is 1. The van der Waals surface area contributed by atoms with Crippen molar-refractivity contribution in [3.63, 3.8) is 0 Å². The average molecular weight is 472 g/mol. The Morgan fingerprint density at radius 1 is 1.29 bits per heavy atom. The predicted molar refractivity (Wildman–Crippen MR) is 113 cm³/mol. The van der Waals surface area contributed by atoms with Crippen molar-refractivity contribution < 1.29 is 32.6 Å². The molecule has 1 unspecified atom stereocenters. The first-order valence-corrected chi connectivity index (χ1v) is 12.0. The van der Waals surface area contributed by atoms with Crippen molar-refractivity contribution in [3.05, 3.63) is 24.3 Å². The van der Waals surface area contributed by atoms with Gasteiger partial charge < -0.3 is 20.1 Å². The maximum absolute atomic E-state index is 12.9. The lowest BCUT2D eigenvalue weighted by molar-refractivity contribution is -0.168. The van der Waals surface area contributed by atoms with Crippen LogP contribution in [0.2, 0.25) is 0 Å². The summed E-state index contributed by atoms with van der Waals surface area (Å²) in [6.07, 6.45) is -0.647. The summed E-state index contributed by atoms with van der Waals surface area (Å²) in [4.78, 5) is 38.6. The third-order valence-electron chi connectivity index (χ3n) is 5.49. The molecule has 10 nitrogen and oxygen atoms in total. The van der Waals surface area contributed by atoms with Gasteiger partial charge in [-0.3, -0.25) is 9.59 Å². The maximum Gasteiger partial charge on any atom is 0.327 e. The van der Waals surface area contributed by atoms with Crippen molar-refractivity contribution in [1.82, 2.24) is 10.2 Å². The van der Waals surface area contributed by atoms with E-state index in [0.717, 1.165) is 0 Å². The number of carboxylic acid groups (broad SMARTS) is 1. The number of hydrogen-bond acceptors (Lipinski definition) is 7. The van der Waals surface area contributed by atoms with Crippen molar-refractivity contribution in [1.29, 1.82) is 0 Å². The minimum absolute atomic E-state index is 0.0844. The molecule has 0 aromatic heterocycles. The van der Waals surface area contributed by atoms with E-state index in [9.17, 15) is 27.9 Å². The zero-order valence-corrected chi connectivity index (χ0v) is 19.1. The molecule has 4 N–H and O–H groups in total. The van der Waals surface area contributed by atoms with Crippen LogP contribution in [0.1, 0.15) is 34.1 Å². The van der Waals surface area contributed by atoms with Gasteiger partial charge in [0, 0.05) is 4.75 Å². The number of carbonyl (C=O) groups excluding carboxylic acids is 2. The number of nitrogens with zero attached hydrogens (tertiary/aromatic N) is 1. The van der Waals surface area contributed by atoms with Crippen LogP contribution in [0.4, 0.5) is 0 Å². The highest BCUT2D eigenvalue weighted by Crippen LogP contribution is 2.54. The Hall–Kier alpha value is -2.31. The first-order chi connectivity index (χ1) is 14.2. The summed E-state index contributed by atoms with van der Waals surface area (Å²) in [7, 11) is -3.85. The molecule has 2 aliphatic rings. The molecule has 1 aromatic carbocycles. The molecule has 0 radical (unpaired) electrons. The quantitative estimate of drug-likeness (QED) is 0.486. The van der Waals surface area contributed by atoms with Gasteiger partial charge in [0.2, 0.25) is 10.0 Å². The number of nitrogens with two attached hydrogens (primary N) is 1. The Kier molecular flexibility index (Phi) is 5.78. The molecule has 170 valence electrons. The zero-order chi connectivity index (χ0) is 23.4. The third-order valence-corrected chi connectivity index (χ3v) is 8.17. The van der Waals surface area contributed by atoms with Crippen LogP contribution in [0.3, 0.4) is 0 Å². The summed E-state index contributed by atoms with van der Waals surface area (Å²) >= 11 is 1.33. The van der Waals surface area contributed by atoms with Gasteiger partial charge in [-0.1, -0.05) is 6.92 Å². The van der Waals surface area contributed by atoms with Gasteiger partial charge in [0.1, 0.15) is 22.7 Å². The molecule has 2 saturated heterocycles. The number of ether oxygens (including phenoxy) is 1. The lowest BCUT2D eigenvalue weighted by atomic mass is 9.86. The summed E-state index contributed by atoms with van der Waals surface area (Å²) in [6.45, 7) is 6.82. The molecule has 2 aliphatic heterocycles. The molecular weight excluding hydrogens is 446 g/mol. The van der Waals surface area contributed by atoms with Crippen LogP contribution in [-0.4, -0.2) is 64.0 Å². The van der Waals surface area contributed by atoms with Gasteiger partial charge >= 0.3 is 5.97 Å². The van der Waals surface area contributed by atoms with Gasteiger partial charge in [0.15, 0.2) is 6.10 Å². The molecule has 2 fully saturated rings. The molecule has 2 amide bonds. The highest BCUT2D eigenvalue weighted by Gasteiger charge is 2.70. The topological polar surface area (TPSA) is 156 Å². The first-order valence-electron chi connectivity index (χ1n) is 9.57. The number of hydrogen-bond donors (Lipinski definition) is 3. The number of thioether (sulfide) groups is 1. The molecule has 3 rings (SSSR count). The van der Waals surface area contributed by atoms with E-state index in [2.05, 4.69) is 5.32 Å². The summed E-state index contributed by atoms with van der Waals surface area (Å²) in [5.74, 6) is -1.79. The van der Waals surface area contributed by atoms with Crippen LogP contribution in [0, 0.1) is 0 Å².